The molecule has 0 spiro atoms. The van der Waals surface area contributed by atoms with Crippen LogP contribution in [0.2, 0.25) is 0 Å². The van der Waals surface area contributed by atoms with E-state index in [9.17, 15) is 9.18 Å². The summed E-state index contributed by atoms with van der Waals surface area (Å²) in [7, 11) is 0. The van der Waals surface area contributed by atoms with Gasteiger partial charge in [-0.3, -0.25) is 4.79 Å². The Hall–Kier alpha value is -0.940. The van der Waals surface area contributed by atoms with Gasteiger partial charge in [0.2, 0.25) is 5.91 Å². The summed E-state index contributed by atoms with van der Waals surface area (Å²) in [6.45, 7) is 1.30. The largest absolute Gasteiger partial charge is 0.352 e. The van der Waals surface area contributed by atoms with Gasteiger partial charge in [0.25, 0.3) is 0 Å². The molecule has 2 N–H and O–H groups in total. The summed E-state index contributed by atoms with van der Waals surface area (Å²) < 4.78 is 13.7. The summed E-state index contributed by atoms with van der Waals surface area (Å²) in [5.41, 5.74) is 0.884. The molecule has 1 heterocycles. The highest BCUT2D eigenvalue weighted by Crippen LogP contribution is 2.20. The molecule has 1 unspecified atom stereocenters. The first-order valence-corrected chi connectivity index (χ1v) is 6.39. The summed E-state index contributed by atoms with van der Waals surface area (Å²) in [6.07, 6.45) is 1.48. The van der Waals surface area contributed by atoms with Gasteiger partial charge >= 0.3 is 0 Å². The fourth-order valence-corrected chi connectivity index (χ4v) is 2.30. The van der Waals surface area contributed by atoms with Gasteiger partial charge in [-0.2, -0.15) is 0 Å². The molecule has 1 aromatic rings. The zero-order valence-corrected chi connectivity index (χ0v) is 10.9. The van der Waals surface area contributed by atoms with Crippen LogP contribution in [-0.4, -0.2) is 18.5 Å². The van der Waals surface area contributed by atoms with Crippen molar-refractivity contribution in [3.63, 3.8) is 0 Å². The van der Waals surface area contributed by atoms with Gasteiger partial charge in [-0.1, -0.05) is 12.1 Å². The third kappa shape index (κ3) is 3.26. The van der Waals surface area contributed by atoms with Gasteiger partial charge in [-0.05, 0) is 34.0 Å². The Morgan fingerprint density at radius 1 is 1.53 bits per heavy atom. The lowest BCUT2D eigenvalue weighted by atomic mass is 10.2. The van der Waals surface area contributed by atoms with Crippen molar-refractivity contribution in [1.29, 1.82) is 0 Å². The van der Waals surface area contributed by atoms with Gasteiger partial charge in [0.1, 0.15) is 5.82 Å². The molecule has 3 nitrogen and oxygen atoms in total. The second kappa shape index (κ2) is 5.60. The first kappa shape index (κ1) is 12.5. The Labute approximate surface area is 108 Å². The standard InChI is InChI=1S/C12H14BrFN2O/c13-12-8(2-1-3-10(12)14)6-15-7-9-4-5-11(17)16-9/h1-3,9,15H,4-7H2,(H,16,17). The average molecular weight is 301 g/mol. The summed E-state index contributed by atoms with van der Waals surface area (Å²) in [5, 5.41) is 6.10. The van der Waals surface area contributed by atoms with Gasteiger partial charge in [0, 0.05) is 25.6 Å². The van der Waals surface area contributed by atoms with E-state index < -0.39 is 0 Å². The first-order valence-electron chi connectivity index (χ1n) is 5.60. The molecule has 1 saturated heterocycles. The van der Waals surface area contributed by atoms with Crippen molar-refractivity contribution in [2.24, 2.45) is 0 Å². The zero-order valence-electron chi connectivity index (χ0n) is 9.30. The van der Waals surface area contributed by atoms with E-state index in [-0.39, 0.29) is 17.8 Å². The van der Waals surface area contributed by atoms with Gasteiger partial charge in [-0.25, -0.2) is 4.39 Å². The van der Waals surface area contributed by atoms with Gasteiger partial charge < -0.3 is 10.6 Å². The minimum atomic E-state index is -0.251. The van der Waals surface area contributed by atoms with Gasteiger partial charge in [0.15, 0.2) is 0 Å². The van der Waals surface area contributed by atoms with E-state index in [0.29, 0.717) is 24.0 Å². The molecule has 1 aromatic carbocycles. The zero-order chi connectivity index (χ0) is 12.3. The molecule has 1 amide bonds. The molecule has 1 fully saturated rings. The van der Waals surface area contributed by atoms with E-state index in [1.54, 1.807) is 6.07 Å². The van der Waals surface area contributed by atoms with Gasteiger partial charge in [-0.15, -0.1) is 0 Å². The van der Waals surface area contributed by atoms with Crippen molar-refractivity contribution in [3.05, 3.63) is 34.1 Å². The van der Waals surface area contributed by atoms with Crippen LogP contribution in [0.15, 0.2) is 22.7 Å². The molecule has 1 atom stereocenters. The molecule has 1 aliphatic heterocycles. The monoisotopic (exact) mass is 300 g/mol. The summed E-state index contributed by atoms with van der Waals surface area (Å²) in [4.78, 5) is 11.0. The molecule has 0 bridgehead atoms. The fraction of sp³-hybridized carbons (Fsp3) is 0.417. The van der Waals surface area contributed by atoms with Gasteiger partial charge in [0.05, 0.1) is 4.47 Å². The number of hydrogen-bond acceptors (Lipinski definition) is 2. The Kier molecular flexibility index (Phi) is 4.12. The topological polar surface area (TPSA) is 41.1 Å². The SMILES string of the molecule is O=C1CCC(CNCc2cccc(F)c2Br)N1. The van der Waals surface area contributed by atoms with Crippen LogP contribution >= 0.6 is 15.9 Å². The molecule has 5 heteroatoms. The Morgan fingerprint density at radius 2 is 2.35 bits per heavy atom. The smallest absolute Gasteiger partial charge is 0.220 e. The van der Waals surface area contributed by atoms with Crippen LogP contribution in [-0.2, 0) is 11.3 Å². The molecule has 0 radical (unpaired) electrons. The lowest BCUT2D eigenvalue weighted by Crippen LogP contribution is -2.35. The fourth-order valence-electron chi connectivity index (χ4n) is 1.90. The summed E-state index contributed by atoms with van der Waals surface area (Å²) in [5.74, 6) is -0.137. The normalized spacial score (nSPS) is 19.4. The van der Waals surface area contributed by atoms with Crippen LogP contribution in [0.25, 0.3) is 0 Å². The van der Waals surface area contributed by atoms with Crippen molar-refractivity contribution in [2.45, 2.75) is 25.4 Å². The number of carbonyl (C=O) groups is 1. The summed E-state index contributed by atoms with van der Waals surface area (Å²) >= 11 is 3.22. The number of carbonyl (C=O) groups excluding carboxylic acids is 1. The third-order valence-corrected chi connectivity index (χ3v) is 3.71. The van der Waals surface area contributed by atoms with Crippen molar-refractivity contribution in [1.82, 2.24) is 10.6 Å². The maximum atomic E-state index is 13.2. The molecule has 1 aliphatic rings. The van der Waals surface area contributed by atoms with E-state index in [0.717, 1.165) is 12.0 Å². The highest BCUT2D eigenvalue weighted by atomic mass is 79.9. The number of hydrogen-bond donors (Lipinski definition) is 2. The van der Waals surface area contributed by atoms with Crippen LogP contribution in [0.3, 0.4) is 0 Å². The average Bonchev–Trinajstić information content (AvgIpc) is 2.70. The lowest BCUT2D eigenvalue weighted by Gasteiger charge is -2.12. The molecule has 0 aromatic heterocycles. The minimum Gasteiger partial charge on any atom is -0.352 e. The number of nitrogens with one attached hydrogen (secondary N) is 2. The van der Waals surface area contributed by atoms with E-state index in [4.69, 9.17) is 0 Å². The molecule has 17 heavy (non-hydrogen) atoms. The molecule has 0 saturated carbocycles. The Morgan fingerprint density at radius 3 is 3.06 bits per heavy atom. The van der Waals surface area contributed by atoms with Crippen molar-refractivity contribution < 1.29 is 9.18 Å². The van der Waals surface area contributed by atoms with Crippen molar-refractivity contribution in [3.8, 4) is 0 Å². The molecular formula is C12H14BrFN2O. The quantitative estimate of drug-likeness (QED) is 0.892. The molecular weight excluding hydrogens is 287 g/mol. The number of amides is 1. The second-order valence-electron chi connectivity index (χ2n) is 4.15. The predicted octanol–water partition coefficient (Wildman–Crippen LogP) is 1.96. The van der Waals surface area contributed by atoms with E-state index >= 15 is 0 Å². The number of benzene rings is 1. The summed E-state index contributed by atoms with van der Waals surface area (Å²) in [6, 6.07) is 5.18. The number of halogens is 2. The Bertz CT molecular complexity index is 425. The van der Waals surface area contributed by atoms with E-state index in [1.807, 2.05) is 6.07 Å². The van der Waals surface area contributed by atoms with E-state index in [2.05, 4.69) is 26.6 Å². The lowest BCUT2D eigenvalue weighted by molar-refractivity contribution is -0.119. The Balaban J connectivity index is 1.82. The molecule has 2 rings (SSSR count). The van der Waals surface area contributed by atoms with Crippen LogP contribution in [0.1, 0.15) is 18.4 Å². The predicted molar refractivity (Wildman–Crippen MR) is 67.0 cm³/mol. The van der Waals surface area contributed by atoms with E-state index in [1.165, 1.54) is 6.07 Å². The maximum absolute atomic E-state index is 13.2. The van der Waals surface area contributed by atoms with Crippen molar-refractivity contribution >= 4 is 21.8 Å². The highest BCUT2D eigenvalue weighted by Gasteiger charge is 2.19. The minimum absolute atomic E-state index is 0.115. The molecule has 0 aliphatic carbocycles. The van der Waals surface area contributed by atoms with Crippen LogP contribution in [0, 0.1) is 5.82 Å². The molecule has 92 valence electrons. The number of rotatable bonds is 4. The first-order chi connectivity index (χ1) is 8.16. The van der Waals surface area contributed by atoms with Crippen LogP contribution < -0.4 is 10.6 Å². The maximum Gasteiger partial charge on any atom is 0.220 e. The second-order valence-corrected chi connectivity index (χ2v) is 4.94. The van der Waals surface area contributed by atoms with Crippen LogP contribution in [0.4, 0.5) is 4.39 Å². The third-order valence-electron chi connectivity index (χ3n) is 2.82. The van der Waals surface area contributed by atoms with Crippen LogP contribution in [0.5, 0.6) is 0 Å². The highest BCUT2D eigenvalue weighted by molar-refractivity contribution is 9.10. The van der Waals surface area contributed by atoms with Crippen molar-refractivity contribution in [2.75, 3.05) is 6.54 Å².